The Kier molecular flexibility index (Phi) is 6.39. The van der Waals surface area contributed by atoms with Crippen LogP contribution in [-0.4, -0.2) is 67.0 Å². The Bertz CT molecular complexity index is 1400. The van der Waals surface area contributed by atoms with E-state index in [0.29, 0.717) is 0 Å². The van der Waals surface area contributed by atoms with Crippen molar-refractivity contribution in [2.45, 2.75) is 104 Å². The van der Waals surface area contributed by atoms with Crippen LogP contribution in [-0.2, 0) is 18.6 Å². The van der Waals surface area contributed by atoms with E-state index in [1.165, 1.54) is 31.9 Å². The molecule has 224 valence electrons. The molecule has 6 nitrogen and oxygen atoms in total. The third-order valence-corrected chi connectivity index (χ3v) is 18.4. The van der Waals surface area contributed by atoms with Crippen molar-refractivity contribution in [1.82, 2.24) is 0 Å². The number of hydrogen-bond acceptors (Lipinski definition) is 6. The first-order valence-corrected chi connectivity index (χ1v) is 21.1. The Labute approximate surface area is 254 Å². The average molecular weight is 605 g/mol. The molecule has 0 aromatic heterocycles. The lowest BCUT2D eigenvalue weighted by molar-refractivity contribution is 0.00578. The summed E-state index contributed by atoms with van der Waals surface area (Å²) in [6.45, 7) is 26.7. The number of rotatable bonds is 4. The second-order valence-corrected chi connectivity index (χ2v) is 24.0. The van der Waals surface area contributed by atoms with E-state index in [-0.39, 0.29) is 0 Å². The fourth-order valence-electron chi connectivity index (χ4n) is 7.14. The lowest BCUT2D eigenvalue weighted by Gasteiger charge is -2.32. The number of ether oxygens (including phenoxy) is 2. The molecule has 2 aromatic rings. The summed E-state index contributed by atoms with van der Waals surface area (Å²) in [4.78, 5) is 0. The van der Waals surface area contributed by atoms with E-state index >= 15 is 0 Å². The van der Waals surface area contributed by atoms with Gasteiger partial charge in [-0.05, 0) is 99.4 Å². The molecule has 2 aromatic carbocycles. The predicted octanol–water partition coefficient (Wildman–Crippen LogP) is 4.15. The van der Waals surface area contributed by atoms with Gasteiger partial charge in [0.2, 0.25) is 0 Å². The molecule has 0 bridgehead atoms. The van der Waals surface area contributed by atoms with Gasteiger partial charge in [0.1, 0.15) is 27.6 Å². The maximum Gasteiger partial charge on any atom is 0.498 e. The molecule has 0 saturated carbocycles. The summed E-state index contributed by atoms with van der Waals surface area (Å²) in [5.74, 6) is 1.64. The highest BCUT2D eigenvalue weighted by Crippen LogP contribution is 2.50. The zero-order valence-corrected chi connectivity index (χ0v) is 29.9. The maximum absolute atomic E-state index is 6.50. The molecule has 10 heteroatoms. The fraction of sp³-hybridized carbons (Fsp3) is 0.562. The summed E-state index contributed by atoms with van der Waals surface area (Å²) < 4.78 is 38.1. The highest BCUT2D eigenvalue weighted by molar-refractivity contribution is 7.20. The summed E-state index contributed by atoms with van der Waals surface area (Å²) in [7, 11) is -1.70. The molecule has 6 rings (SSSR count). The quantitative estimate of drug-likeness (QED) is 0.490. The molecule has 0 N–H and O–H groups in total. The lowest BCUT2D eigenvalue weighted by Crippen LogP contribution is -2.49. The molecule has 2 fully saturated rings. The van der Waals surface area contributed by atoms with Gasteiger partial charge in [0.25, 0.3) is 0 Å². The largest absolute Gasteiger partial charge is 0.498 e. The predicted molar refractivity (Wildman–Crippen MR) is 178 cm³/mol. The van der Waals surface area contributed by atoms with E-state index in [4.69, 9.17) is 28.1 Å². The minimum atomic E-state index is -2.12. The van der Waals surface area contributed by atoms with Crippen LogP contribution in [0.3, 0.4) is 0 Å². The van der Waals surface area contributed by atoms with Crippen LogP contribution in [0.15, 0.2) is 24.3 Å². The molecular formula is C32H46B2O6Si2. The highest BCUT2D eigenvalue weighted by Gasteiger charge is 2.57. The van der Waals surface area contributed by atoms with Gasteiger partial charge < -0.3 is 28.1 Å². The van der Waals surface area contributed by atoms with Crippen molar-refractivity contribution in [2.75, 3.05) is 14.2 Å². The van der Waals surface area contributed by atoms with Crippen LogP contribution in [0.5, 0.6) is 11.5 Å². The Balaban J connectivity index is 1.48. The summed E-state index contributed by atoms with van der Waals surface area (Å²) >= 11 is 0. The third-order valence-electron chi connectivity index (χ3n) is 11.1. The first-order chi connectivity index (χ1) is 19.2. The molecule has 0 atom stereocenters. The lowest BCUT2D eigenvalue weighted by atomic mass is 9.77. The van der Waals surface area contributed by atoms with Crippen LogP contribution in [0.1, 0.15) is 66.5 Å². The van der Waals surface area contributed by atoms with Crippen LogP contribution in [0.2, 0.25) is 26.2 Å². The molecule has 0 radical (unpaired) electrons. The van der Waals surface area contributed by atoms with E-state index in [0.717, 1.165) is 22.4 Å². The van der Waals surface area contributed by atoms with Crippen molar-refractivity contribution in [3.63, 3.8) is 0 Å². The standard InChI is InChI=1S/C32H46B2O6Si2/c1-29(2)30(3,4)38-33(37-29)21-17-25-19(15-23(21)35-9)27-28(41(25,11)12)20-16-24(36-10)22(18-26(20)42(27,13)14)34-39-31(5,6)32(7,8)40-34/h15-18H,1-14H3. The smallest absolute Gasteiger partial charge is 0.497 e. The number of hydrogen-bond donors (Lipinski definition) is 0. The highest BCUT2D eigenvalue weighted by atomic mass is 28.3. The van der Waals surface area contributed by atoms with Crippen LogP contribution in [0.4, 0.5) is 0 Å². The van der Waals surface area contributed by atoms with E-state index in [9.17, 15) is 0 Å². The number of benzene rings is 2. The molecule has 0 amide bonds. The molecule has 2 saturated heterocycles. The molecule has 0 unspecified atom stereocenters. The molecule has 4 aliphatic rings. The minimum absolute atomic E-state index is 0.423. The van der Waals surface area contributed by atoms with Gasteiger partial charge in [-0.25, -0.2) is 0 Å². The van der Waals surface area contributed by atoms with Crippen LogP contribution >= 0.6 is 0 Å². The number of methoxy groups -OCH3 is 2. The van der Waals surface area contributed by atoms with Gasteiger partial charge in [-0.1, -0.05) is 38.3 Å². The monoisotopic (exact) mass is 604 g/mol. The van der Waals surface area contributed by atoms with Gasteiger partial charge >= 0.3 is 14.2 Å². The van der Waals surface area contributed by atoms with Gasteiger partial charge in [-0.15, -0.1) is 0 Å². The third kappa shape index (κ3) is 3.91. The van der Waals surface area contributed by atoms with Gasteiger partial charge in [-0.3, -0.25) is 0 Å². The molecule has 0 aliphatic carbocycles. The van der Waals surface area contributed by atoms with Crippen LogP contribution < -0.4 is 30.8 Å². The normalized spacial score (nSPS) is 25.0. The zero-order chi connectivity index (χ0) is 31.0. The summed E-state index contributed by atoms with van der Waals surface area (Å²) in [6.07, 6.45) is 0. The molecular weight excluding hydrogens is 558 g/mol. The van der Waals surface area contributed by atoms with Gasteiger partial charge in [0.05, 0.1) is 36.6 Å². The Morgan fingerprint density at radius 2 is 0.810 bits per heavy atom. The van der Waals surface area contributed by atoms with Gasteiger partial charge in [0.15, 0.2) is 0 Å². The molecule has 4 aliphatic heterocycles. The molecule has 0 spiro atoms. The van der Waals surface area contributed by atoms with Crippen molar-refractivity contribution in [3.8, 4) is 11.5 Å². The Morgan fingerprint density at radius 3 is 1.07 bits per heavy atom. The maximum atomic E-state index is 6.50. The van der Waals surface area contributed by atoms with Crippen molar-refractivity contribution < 1.29 is 28.1 Å². The second-order valence-electron chi connectivity index (χ2n) is 15.5. The SMILES string of the molecule is COc1cc2c(cc1B1OC(C)(C)C(C)(C)O1)[Si](C)(C)C1=C2[Si](C)(C)c2cc(B3OC(C)(C)C(C)(C)O3)c(OC)cc21. The Hall–Kier alpha value is -1.82. The van der Waals surface area contributed by atoms with Crippen molar-refractivity contribution in [3.05, 3.63) is 35.4 Å². The Morgan fingerprint density at radius 1 is 0.524 bits per heavy atom. The number of fused-ring (bicyclic) bond motifs is 4. The van der Waals surface area contributed by atoms with Crippen molar-refractivity contribution in [1.29, 1.82) is 0 Å². The van der Waals surface area contributed by atoms with Crippen LogP contribution in [0, 0.1) is 0 Å². The molecule has 42 heavy (non-hydrogen) atoms. The molecule has 4 heterocycles. The summed E-state index contributed by atoms with van der Waals surface area (Å²) in [6, 6.07) is 9.20. The second kappa shape index (κ2) is 8.89. The topological polar surface area (TPSA) is 55.4 Å². The van der Waals surface area contributed by atoms with Crippen LogP contribution in [0.25, 0.3) is 10.4 Å². The van der Waals surface area contributed by atoms with Gasteiger partial charge in [-0.2, -0.15) is 0 Å². The average Bonchev–Trinajstić information content (AvgIpc) is 3.43. The van der Waals surface area contributed by atoms with E-state index in [1.807, 2.05) is 0 Å². The fourth-order valence-corrected chi connectivity index (χ4v) is 15.9. The van der Waals surface area contributed by atoms with E-state index in [1.54, 1.807) is 14.2 Å². The minimum Gasteiger partial charge on any atom is -0.497 e. The summed E-state index contributed by atoms with van der Waals surface area (Å²) in [5.41, 5.74) is 2.93. The van der Waals surface area contributed by atoms with Crippen molar-refractivity contribution in [2.24, 2.45) is 0 Å². The first kappa shape index (κ1) is 30.2. The first-order valence-electron chi connectivity index (χ1n) is 15.1. The van der Waals surface area contributed by atoms with Gasteiger partial charge in [0, 0.05) is 10.9 Å². The summed E-state index contributed by atoms with van der Waals surface area (Å²) in [5, 5.41) is 5.91. The van der Waals surface area contributed by atoms with Crippen molar-refractivity contribution >= 4 is 62.1 Å². The van der Waals surface area contributed by atoms with E-state index in [2.05, 4.69) is 106 Å². The zero-order valence-electron chi connectivity index (χ0n) is 27.9. The van der Waals surface area contributed by atoms with E-state index < -0.39 is 52.8 Å².